The topological polar surface area (TPSA) is 54.2 Å². The van der Waals surface area contributed by atoms with Crippen molar-refractivity contribution >= 4 is 10.9 Å². The van der Waals surface area contributed by atoms with Crippen LogP contribution in [0.1, 0.15) is 31.1 Å². The minimum absolute atomic E-state index is 0.226. The summed E-state index contributed by atoms with van der Waals surface area (Å²) < 4.78 is 1.98. The summed E-state index contributed by atoms with van der Waals surface area (Å²) in [5.41, 5.74) is 3.29. The molecule has 0 aliphatic carbocycles. The number of aliphatic hydroxyl groups excluding tert-OH is 1. The van der Waals surface area contributed by atoms with Gasteiger partial charge >= 0.3 is 0 Å². The van der Waals surface area contributed by atoms with E-state index >= 15 is 0 Å². The number of pyridine rings is 1. The highest BCUT2D eigenvalue weighted by molar-refractivity contribution is 5.78. The second-order valence-corrected chi connectivity index (χ2v) is 7.64. The molecule has 5 nitrogen and oxygen atoms in total. The lowest BCUT2D eigenvalue weighted by Gasteiger charge is -2.14. The van der Waals surface area contributed by atoms with Gasteiger partial charge in [-0.3, -0.25) is 14.6 Å². The molecule has 2 atom stereocenters. The molecule has 3 heterocycles. The monoisotopic (exact) mass is 350 g/mol. The molecule has 0 radical (unpaired) electrons. The number of nitrogens with zero attached hydrogens (tertiary/aromatic N) is 4. The first-order chi connectivity index (χ1) is 12.6. The minimum Gasteiger partial charge on any atom is -0.391 e. The van der Waals surface area contributed by atoms with E-state index in [4.69, 9.17) is 4.98 Å². The van der Waals surface area contributed by atoms with Gasteiger partial charge in [0.2, 0.25) is 0 Å². The van der Waals surface area contributed by atoms with Crippen LogP contribution in [0.15, 0.2) is 48.8 Å². The van der Waals surface area contributed by atoms with Gasteiger partial charge in [-0.25, -0.2) is 0 Å². The van der Waals surface area contributed by atoms with Crippen LogP contribution in [0.2, 0.25) is 0 Å². The van der Waals surface area contributed by atoms with Crippen LogP contribution in [0.5, 0.6) is 0 Å². The normalized spacial score (nSPS) is 21.1. The molecule has 136 valence electrons. The molecule has 1 aromatic carbocycles. The van der Waals surface area contributed by atoms with E-state index < -0.39 is 0 Å². The molecule has 3 aromatic rings. The molecular formula is C21H26N4O. The third-order valence-electron chi connectivity index (χ3n) is 5.20. The zero-order chi connectivity index (χ0) is 18.1. The van der Waals surface area contributed by atoms with Gasteiger partial charge in [0.1, 0.15) is 0 Å². The number of fused-ring (bicyclic) bond motifs is 1. The average molecular weight is 350 g/mol. The third-order valence-corrected chi connectivity index (χ3v) is 5.20. The zero-order valence-electron chi connectivity index (χ0n) is 15.4. The number of rotatable bonds is 5. The lowest BCUT2D eigenvalue weighted by molar-refractivity contribution is 0.140. The van der Waals surface area contributed by atoms with E-state index in [2.05, 4.69) is 48.2 Å². The van der Waals surface area contributed by atoms with Crippen molar-refractivity contribution in [1.29, 1.82) is 0 Å². The number of likely N-dealkylation sites (tertiary alicyclic amines) is 1. The standard InChI is InChI=1S/C21H26N4O/c1-15(2)25-12-16(10-22-25)11-24-13-18(21(26)14-24)9-19-8-7-17-5-3-4-6-20(17)23-19/h3-8,10,12,15,18,21,26H,9,11,13-14H2,1-2H3. The molecule has 2 unspecified atom stereocenters. The highest BCUT2D eigenvalue weighted by Crippen LogP contribution is 2.23. The van der Waals surface area contributed by atoms with Crippen LogP contribution < -0.4 is 0 Å². The quantitative estimate of drug-likeness (QED) is 0.768. The maximum absolute atomic E-state index is 10.5. The molecule has 26 heavy (non-hydrogen) atoms. The largest absolute Gasteiger partial charge is 0.391 e. The highest BCUT2D eigenvalue weighted by Gasteiger charge is 2.31. The smallest absolute Gasteiger partial charge is 0.0711 e. The van der Waals surface area contributed by atoms with E-state index in [1.165, 1.54) is 5.56 Å². The lowest BCUT2D eigenvalue weighted by atomic mass is 9.99. The van der Waals surface area contributed by atoms with E-state index in [1.54, 1.807) is 0 Å². The highest BCUT2D eigenvalue weighted by atomic mass is 16.3. The van der Waals surface area contributed by atoms with Crippen molar-refractivity contribution in [1.82, 2.24) is 19.7 Å². The van der Waals surface area contributed by atoms with E-state index in [-0.39, 0.29) is 12.0 Å². The Labute approximate surface area is 154 Å². The van der Waals surface area contributed by atoms with Gasteiger partial charge in [0.25, 0.3) is 0 Å². The van der Waals surface area contributed by atoms with Gasteiger partial charge in [-0.1, -0.05) is 24.3 Å². The zero-order valence-corrected chi connectivity index (χ0v) is 15.4. The number of para-hydroxylation sites is 1. The predicted molar refractivity (Wildman–Crippen MR) is 103 cm³/mol. The Morgan fingerprint density at radius 2 is 2.00 bits per heavy atom. The summed E-state index contributed by atoms with van der Waals surface area (Å²) in [4.78, 5) is 7.08. The van der Waals surface area contributed by atoms with Gasteiger partial charge in [0.05, 0.1) is 17.8 Å². The summed E-state index contributed by atoms with van der Waals surface area (Å²) in [5, 5.41) is 16.1. The summed E-state index contributed by atoms with van der Waals surface area (Å²) in [6.07, 6.45) is 4.55. The van der Waals surface area contributed by atoms with Crippen molar-refractivity contribution in [3.8, 4) is 0 Å². The van der Waals surface area contributed by atoms with Crippen molar-refractivity contribution in [2.24, 2.45) is 5.92 Å². The SMILES string of the molecule is CC(C)n1cc(CN2CC(O)C(Cc3ccc4ccccc4n3)C2)cn1. The third kappa shape index (κ3) is 3.64. The Bertz CT molecular complexity index is 888. The van der Waals surface area contributed by atoms with Crippen LogP contribution >= 0.6 is 0 Å². The van der Waals surface area contributed by atoms with Crippen LogP contribution in [-0.4, -0.2) is 44.0 Å². The van der Waals surface area contributed by atoms with Crippen LogP contribution in [0, 0.1) is 5.92 Å². The summed E-state index contributed by atoms with van der Waals surface area (Å²) in [5.74, 6) is 0.226. The fraction of sp³-hybridized carbons (Fsp3) is 0.429. The van der Waals surface area contributed by atoms with Crippen molar-refractivity contribution in [3.05, 3.63) is 60.0 Å². The Kier molecular flexibility index (Phi) is 4.74. The van der Waals surface area contributed by atoms with Crippen molar-refractivity contribution in [2.45, 2.75) is 39.0 Å². The lowest BCUT2D eigenvalue weighted by Crippen LogP contribution is -2.21. The summed E-state index contributed by atoms with van der Waals surface area (Å²) in [7, 11) is 0. The van der Waals surface area contributed by atoms with E-state index in [0.717, 1.165) is 36.1 Å². The second-order valence-electron chi connectivity index (χ2n) is 7.64. The maximum Gasteiger partial charge on any atom is 0.0711 e. The van der Waals surface area contributed by atoms with Gasteiger partial charge in [0.15, 0.2) is 0 Å². The van der Waals surface area contributed by atoms with E-state index in [1.807, 2.05) is 29.1 Å². The molecule has 4 rings (SSSR count). The van der Waals surface area contributed by atoms with Gasteiger partial charge < -0.3 is 5.11 Å². The van der Waals surface area contributed by atoms with Gasteiger partial charge in [-0.2, -0.15) is 5.10 Å². The predicted octanol–water partition coefficient (Wildman–Crippen LogP) is 3.05. The number of aliphatic hydroxyl groups is 1. The first-order valence-electron chi connectivity index (χ1n) is 9.36. The van der Waals surface area contributed by atoms with Crippen molar-refractivity contribution in [2.75, 3.05) is 13.1 Å². The number of hydrogen-bond donors (Lipinski definition) is 1. The number of β-amino-alcohol motifs (C(OH)–C–C–N with tert-alkyl or cyclic N) is 1. The summed E-state index contributed by atoms with van der Waals surface area (Å²) >= 11 is 0. The molecule has 2 aromatic heterocycles. The Hall–Kier alpha value is -2.24. The molecule has 1 fully saturated rings. The summed E-state index contributed by atoms with van der Waals surface area (Å²) in [6, 6.07) is 12.8. The molecule has 0 bridgehead atoms. The molecule has 0 amide bonds. The van der Waals surface area contributed by atoms with Crippen LogP contribution in [0.3, 0.4) is 0 Å². The Morgan fingerprint density at radius 3 is 2.81 bits per heavy atom. The molecule has 0 saturated carbocycles. The van der Waals surface area contributed by atoms with E-state index in [0.29, 0.717) is 12.6 Å². The van der Waals surface area contributed by atoms with Crippen molar-refractivity contribution < 1.29 is 5.11 Å². The number of hydrogen-bond acceptors (Lipinski definition) is 4. The van der Waals surface area contributed by atoms with Crippen molar-refractivity contribution in [3.63, 3.8) is 0 Å². The first-order valence-corrected chi connectivity index (χ1v) is 9.36. The second kappa shape index (κ2) is 7.17. The number of aromatic nitrogens is 3. The number of benzene rings is 1. The molecule has 1 aliphatic heterocycles. The summed E-state index contributed by atoms with van der Waals surface area (Å²) in [6.45, 7) is 6.70. The molecular weight excluding hydrogens is 324 g/mol. The van der Waals surface area contributed by atoms with Crippen LogP contribution in [0.25, 0.3) is 10.9 Å². The van der Waals surface area contributed by atoms with Gasteiger partial charge in [0, 0.05) is 54.4 Å². The molecule has 0 spiro atoms. The first kappa shape index (κ1) is 17.2. The maximum atomic E-state index is 10.5. The molecule has 1 N–H and O–H groups in total. The Morgan fingerprint density at radius 1 is 1.15 bits per heavy atom. The van der Waals surface area contributed by atoms with Crippen LogP contribution in [0.4, 0.5) is 0 Å². The fourth-order valence-corrected chi connectivity index (χ4v) is 3.76. The molecule has 1 saturated heterocycles. The average Bonchev–Trinajstić information content (AvgIpc) is 3.22. The van der Waals surface area contributed by atoms with Gasteiger partial charge in [-0.05, 0) is 32.4 Å². The fourth-order valence-electron chi connectivity index (χ4n) is 3.76. The Balaban J connectivity index is 1.41. The molecule has 5 heteroatoms. The van der Waals surface area contributed by atoms with Gasteiger partial charge in [-0.15, -0.1) is 0 Å². The molecule has 1 aliphatic rings. The minimum atomic E-state index is -0.302. The van der Waals surface area contributed by atoms with E-state index in [9.17, 15) is 5.11 Å². The van der Waals surface area contributed by atoms with Crippen LogP contribution in [-0.2, 0) is 13.0 Å².